The molecule has 0 aliphatic heterocycles. The van der Waals surface area contributed by atoms with Gasteiger partial charge in [-0.2, -0.15) is 0 Å². The molecule has 1 aromatic rings. The minimum Gasteiger partial charge on any atom is -0.875 e. The summed E-state index contributed by atoms with van der Waals surface area (Å²) in [5.41, 5.74) is 3.94. The van der Waals surface area contributed by atoms with Gasteiger partial charge in [0.2, 0.25) is 0 Å². The van der Waals surface area contributed by atoms with Gasteiger partial charge < -0.3 is 10.2 Å². The average molecular weight is 374 g/mol. The first kappa shape index (κ1) is 20.8. The molecule has 0 radical (unpaired) electrons. The summed E-state index contributed by atoms with van der Waals surface area (Å²) in [5.74, 6) is 0.334. The molecule has 2 nitrogen and oxygen atoms in total. The van der Waals surface area contributed by atoms with Crippen molar-refractivity contribution in [2.45, 2.75) is 26.7 Å². The number of hydrogen-bond donors (Lipinski definition) is 0. The van der Waals surface area contributed by atoms with Crippen molar-refractivity contribution in [1.29, 1.82) is 0 Å². The molecule has 0 saturated carbocycles. The standard InChI is InChI=1S/C13H12O.C9H12O.Fe/c14-13(12-8-4-5-9-12)10-11-6-2-1-3-7-11;1-3-8-4-5-9(6-8)7(2)10;/h1-9,14H,10H2;4-6,10H,3H2,1-2H3;/q;;+2/p-2. The molecule has 2 aliphatic carbocycles. The summed E-state index contributed by atoms with van der Waals surface area (Å²) < 4.78 is 0. The number of benzene rings is 1. The van der Waals surface area contributed by atoms with Crippen LogP contribution >= 0.6 is 0 Å². The number of rotatable bonds is 3. The van der Waals surface area contributed by atoms with Crippen molar-refractivity contribution >= 4 is 0 Å². The molecule has 0 bridgehead atoms. The molecule has 0 unspecified atom stereocenters. The Morgan fingerprint density at radius 1 is 0.880 bits per heavy atom. The molecule has 2 aliphatic rings. The van der Waals surface area contributed by atoms with Crippen molar-refractivity contribution in [3.63, 3.8) is 0 Å². The smallest absolute Gasteiger partial charge is 0.875 e. The van der Waals surface area contributed by atoms with E-state index in [4.69, 9.17) is 0 Å². The molecular formula is C22H22FeO2. The third-order valence-corrected chi connectivity index (χ3v) is 3.82. The van der Waals surface area contributed by atoms with Crippen LogP contribution in [-0.4, -0.2) is 0 Å². The van der Waals surface area contributed by atoms with Gasteiger partial charge in [-0.1, -0.05) is 86.7 Å². The molecule has 3 heteroatoms. The van der Waals surface area contributed by atoms with Crippen molar-refractivity contribution in [2.24, 2.45) is 0 Å². The molecular weight excluding hydrogens is 352 g/mol. The van der Waals surface area contributed by atoms with E-state index in [1.807, 2.05) is 72.9 Å². The fourth-order valence-electron chi connectivity index (χ4n) is 2.37. The van der Waals surface area contributed by atoms with E-state index in [1.54, 1.807) is 6.92 Å². The second kappa shape index (κ2) is 10.6. The summed E-state index contributed by atoms with van der Waals surface area (Å²) in [4.78, 5) is 0. The predicted molar refractivity (Wildman–Crippen MR) is 95.7 cm³/mol. The van der Waals surface area contributed by atoms with Crippen molar-refractivity contribution < 1.29 is 27.3 Å². The third-order valence-electron chi connectivity index (χ3n) is 3.82. The molecule has 1 aromatic carbocycles. The number of hydrogen-bond acceptors (Lipinski definition) is 2. The van der Waals surface area contributed by atoms with Crippen molar-refractivity contribution in [3.05, 3.63) is 107 Å². The van der Waals surface area contributed by atoms with Gasteiger partial charge in [-0.3, -0.25) is 0 Å². The Kier molecular flexibility index (Phi) is 8.83. The normalized spacial score (nSPS) is 16.1. The maximum absolute atomic E-state index is 11.7. The summed E-state index contributed by atoms with van der Waals surface area (Å²) in [5, 5.41) is 22.4. The van der Waals surface area contributed by atoms with Crippen LogP contribution in [0.1, 0.15) is 25.8 Å². The van der Waals surface area contributed by atoms with Gasteiger partial charge in [0, 0.05) is 0 Å². The van der Waals surface area contributed by atoms with E-state index in [0.717, 1.165) is 23.1 Å². The van der Waals surface area contributed by atoms with Crippen LogP contribution in [0.2, 0.25) is 0 Å². The van der Waals surface area contributed by atoms with Crippen LogP contribution in [0.25, 0.3) is 0 Å². The zero-order valence-electron chi connectivity index (χ0n) is 14.5. The third kappa shape index (κ3) is 6.66. The topological polar surface area (TPSA) is 46.1 Å². The van der Waals surface area contributed by atoms with Crippen molar-refractivity contribution in [1.82, 2.24) is 0 Å². The van der Waals surface area contributed by atoms with E-state index in [2.05, 4.69) is 6.92 Å². The summed E-state index contributed by atoms with van der Waals surface area (Å²) >= 11 is 0. The van der Waals surface area contributed by atoms with Crippen LogP contribution < -0.4 is 10.2 Å². The molecule has 3 rings (SSSR count). The second-order valence-corrected chi connectivity index (χ2v) is 5.68. The quantitative estimate of drug-likeness (QED) is 0.601. The first-order valence-electron chi connectivity index (χ1n) is 8.15. The van der Waals surface area contributed by atoms with E-state index < -0.39 is 0 Å². The van der Waals surface area contributed by atoms with Gasteiger partial charge in [0.15, 0.2) is 0 Å². The SMILES string of the molecule is CCC1=CC(=C(C)[O-])C=C1.[Fe+2].[O-]C(Cc1ccccc1)=C1C=CC=C1. The van der Waals surface area contributed by atoms with E-state index in [1.165, 1.54) is 5.57 Å². The van der Waals surface area contributed by atoms with E-state index >= 15 is 0 Å². The Morgan fingerprint density at radius 2 is 1.52 bits per heavy atom. The maximum Gasteiger partial charge on any atom is 2.00 e. The van der Waals surface area contributed by atoms with Crippen LogP contribution in [-0.2, 0) is 23.5 Å². The largest absolute Gasteiger partial charge is 2.00 e. The van der Waals surface area contributed by atoms with E-state index in [9.17, 15) is 10.2 Å². The molecule has 0 amide bonds. The molecule has 0 saturated heterocycles. The number of allylic oxidation sites excluding steroid dienone is 12. The van der Waals surface area contributed by atoms with Gasteiger partial charge in [-0.15, -0.1) is 11.5 Å². The van der Waals surface area contributed by atoms with Crippen LogP contribution in [0.5, 0.6) is 0 Å². The molecule has 130 valence electrons. The molecule has 0 aromatic heterocycles. The average Bonchev–Trinajstić information content (AvgIpc) is 3.28. The van der Waals surface area contributed by atoms with Gasteiger partial charge in [0.05, 0.1) is 0 Å². The minimum atomic E-state index is 0. The predicted octanol–water partition coefficient (Wildman–Crippen LogP) is 3.49. The first-order chi connectivity index (χ1) is 11.6. The minimum absolute atomic E-state index is 0. The van der Waals surface area contributed by atoms with Crippen molar-refractivity contribution in [2.75, 3.05) is 0 Å². The van der Waals surface area contributed by atoms with E-state index in [0.29, 0.717) is 6.42 Å². The van der Waals surface area contributed by atoms with Crippen molar-refractivity contribution in [3.8, 4) is 0 Å². The molecule has 0 fully saturated rings. The monoisotopic (exact) mass is 374 g/mol. The maximum atomic E-state index is 11.7. The zero-order chi connectivity index (χ0) is 17.4. The van der Waals surface area contributed by atoms with Gasteiger partial charge in [-0.25, -0.2) is 0 Å². The molecule has 0 spiro atoms. The summed E-state index contributed by atoms with van der Waals surface area (Å²) in [6.45, 7) is 3.67. The Morgan fingerprint density at radius 3 is 2.00 bits per heavy atom. The molecule has 0 N–H and O–H groups in total. The Labute approximate surface area is 160 Å². The van der Waals surface area contributed by atoms with Gasteiger partial charge in [0.1, 0.15) is 0 Å². The Hall–Kier alpha value is -2.22. The van der Waals surface area contributed by atoms with Gasteiger partial charge >= 0.3 is 17.1 Å². The zero-order valence-corrected chi connectivity index (χ0v) is 15.6. The molecule has 0 heterocycles. The van der Waals surface area contributed by atoms with Crippen LogP contribution in [0.15, 0.2) is 101 Å². The molecule has 0 atom stereocenters. The van der Waals surface area contributed by atoms with Gasteiger partial charge in [0.25, 0.3) is 0 Å². The van der Waals surface area contributed by atoms with Crippen LogP contribution in [0, 0.1) is 0 Å². The first-order valence-corrected chi connectivity index (χ1v) is 8.15. The fraction of sp³-hybridized carbons (Fsp3) is 0.182. The summed E-state index contributed by atoms with van der Waals surface area (Å²) in [6, 6.07) is 9.80. The molecule has 25 heavy (non-hydrogen) atoms. The Balaban J connectivity index is 0.000000254. The fourth-order valence-corrected chi connectivity index (χ4v) is 2.37. The van der Waals surface area contributed by atoms with Gasteiger partial charge in [-0.05, 0) is 35.1 Å². The second-order valence-electron chi connectivity index (χ2n) is 5.68. The van der Waals surface area contributed by atoms with Crippen LogP contribution in [0.3, 0.4) is 0 Å². The van der Waals surface area contributed by atoms with Crippen LogP contribution in [0.4, 0.5) is 0 Å². The summed E-state index contributed by atoms with van der Waals surface area (Å²) in [7, 11) is 0. The summed E-state index contributed by atoms with van der Waals surface area (Å²) in [6.07, 6.45) is 14.8. The Bertz CT molecular complexity index is 729. The van der Waals surface area contributed by atoms with E-state index in [-0.39, 0.29) is 28.6 Å².